The molecule has 0 bridgehead atoms. The monoisotopic (exact) mass is 195 g/mol. The Morgan fingerprint density at radius 3 is 3.07 bits per heavy atom. The van der Waals surface area contributed by atoms with Crippen LogP contribution in [-0.2, 0) is 0 Å². The van der Waals surface area contributed by atoms with E-state index in [2.05, 4.69) is 15.6 Å². The van der Waals surface area contributed by atoms with Crippen LogP contribution in [0.4, 0.5) is 0 Å². The maximum absolute atomic E-state index is 4.40. The fourth-order valence-corrected chi connectivity index (χ4v) is 2.24. The molecule has 3 heteroatoms. The lowest BCUT2D eigenvalue weighted by Crippen LogP contribution is -2.37. The normalized spacial score (nSPS) is 27.4. The predicted molar refractivity (Wildman–Crippen MR) is 59.8 cm³/mol. The van der Waals surface area contributed by atoms with Gasteiger partial charge in [-0.25, -0.2) is 0 Å². The highest BCUT2D eigenvalue weighted by Crippen LogP contribution is 2.09. The van der Waals surface area contributed by atoms with Gasteiger partial charge in [-0.2, -0.15) is 0 Å². The molecule has 80 valence electrons. The minimum Gasteiger partial charge on any atom is -0.374 e. The van der Waals surface area contributed by atoms with Gasteiger partial charge in [0.15, 0.2) is 0 Å². The molecule has 1 atom stereocenters. The standard InChI is InChI=1S/C11H21N3/c1-2-7-12-10(4-1)6-9-14-11-5-3-8-13-11/h10,12H,1-9H2,(H,13,14). The molecule has 0 aromatic heterocycles. The van der Waals surface area contributed by atoms with E-state index in [1.54, 1.807) is 0 Å². The Balaban J connectivity index is 1.57. The third kappa shape index (κ3) is 2.98. The Morgan fingerprint density at radius 2 is 2.36 bits per heavy atom. The second-order valence-corrected chi connectivity index (χ2v) is 4.29. The molecule has 1 fully saturated rings. The summed E-state index contributed by atoms with van der Waals surface area (Å²) < 4.78 is 0. The summed E-state index contributed by atoms with van der Waals surface area (Å²) in [5, 5.41) is 7.00. The Bertz CT molecular complexity index is 195. The zero-order valence-electron chi connectivity index (χ0n) is 8.89. The first kappa shape index (κ1) is 9.97. The van der Waals surface area contributed by atoms with E-state index in [9.17, 15) is 0 Å². The van der Waals surface area contributed by atoms with E-state index in [4.69, 9.17) is 0 Å². The molecule has 0 amide bonds. The minimum atomic E-state index is 0.748. The number of hydrogen-bond acceptors (Lipinski definition) is 3. The Kier molecular flexibility index (Phi) is 3.80. The summed E-state index contributed by atoms with van der Waals surface area (Å²) in [5.41, 5.74) is 0. The number of nitrogens with zero attached hydrogens (tertiary/aromatic N) is 1. The average Bonchev–Trinajstić information content (AvgIpc) is 2.72. The molecule has 0 aromatic carbocycles. The van der Waals surface area contributed by atoms with Gasteiger partial charge >= 0.3 is 0 Å². The first-order valence-electron chi connectivity index (χ1n) is 5.96. The van der Waals surface area contributed by atoms with Crippen LogP contribution in [0.15, 0.2) is 4.99 Å². The van der Waals surface area contributed by atoms with E-state index in [1.165, 1.54) is 44.5 Å². The van der Waals surface area contributed by atoms with Gasteiger partial charge in [-0.05, 0) is 32.2 Å². The van der Waals surface area contributed by atoms with Gasteiger partial charge < -0.3 is 10.6 Å². The number of amidine groups is 1. The third-order valence-electron chi connectivity index (χ3n) is 3.11. The molecule has 2 aliphatic rings. The third-order valence-corrected chi connectivity index (χ3v) is 3.11. The molecule has 2 heterocycles. The van der Waals surface area contributed by atoms with Crippen molar-refractivity contribution in [2.24, 2.45) is 4.99 Å². The molecule has 0 aromatic rings. The first-order chi connectivity index (χ1) is 6.95. The van der Waals surface area contributed by atoms with Crippen molar-refractivity contribution in [1.29, 1.82) is 0 Å². The average molecular weight is 195 g/mol. The molecular formula is C11H21N3. The van der Waals surface area contributed by atoms with Crippen LogP contribution in [0, 0.1) is 0 Å². The van der Waals surface area contributed by atoms with Gasteiger partial charge in [-0.1, -0.05) is 6.42 Å². The van der Waals surface area contributed by atoms with Crippen molar-refractivity contribution in [3.63, 3.8) is 0 Å². The smallest absolute Gasteiger partial charge is 0.0963 e. The van der Waals surface area contributed by atoms with Gasteiger partial charge in [-0.3, -0.25) is 4.99 Å². The summed E-state index contributed by atoms with van der Waals surface area (Å²) in [6.45, 7) is 3.34. The second kappa shape index (κ2) is 5.35. The molecule has 0 aliphatic carbocycles. The Labute approximate surface area is 86.4 Å². The summed E-state index contributed by atoms with van der Waals surface area (Å²) in [5.74, 6) is 1.24. The fraction of sp³-hybridized carbons (Fsp3) is 0.909. The zero-order valence-corrected chi connectivity index (χ0v) is 8.89. The molecule has 0 spiro atoms. The van der Waals surface area contributed by atoms with Crippen molar-refractivity contribution in [3.05, 3.63) is 0 Å². The van der Waals surface area contributed by atoms with Crippen molar-refractivity contribution < 1.29 is 0 Å². The van der Waals surface area contributed by atoms with E-state index in [1.807, 2.05) is 0 Å². The van der Waals surface area contributed by atoms with Crippen LogP contribution < -0.4 is 10.6 Å². The lowest BCUT2D eigenvalue weighted by atomic mass is 10.0. The van der Waals surface area contributed by atoms with Gasteiger partial charge in [0.1, 0.15) is 0 Å². The molecule has 2 rings (SSSR count). The SMILES string of the molecule is C1CCC(CCNC2=NCCC2)NC1. The Morgan fingerprint density at radius 1 is 1.36 bits per heavy atom. The van der Waals surface area contributed by atoms with Crippen LogP contribution in [0.5, 0.6) is 0 Å². The van der Waals surface area contributed by atoms with Crippen molar-refractivity contribution in [3.8, 4) is 0 Å². The number of piperidine rings is 1. The maximum atomic E-state index is 4.40. The van der Waals surface area contributed by atoms with E-state index in [0.29, 0.717) is 0 Å². The van der Waals surface area contributed by atoms with Crippen molar-refractivity contribution in [2.75, 3.05) is 19.6 Å². The van der Waals surface area contributed by atoms with Crippen LogP contribution in [0.3, 0.4) is 0 Å². The summed E-state index contributed by atoms with van der Waals surface area (Å²) in [6.07, 6.45) is 7.77. The molecule has 1 unspecified atom stereocenters. The second-order valence-electron chi connectivity index (χ2n) is 4.29. The molecule has 2 N–H and O–H groups in total. The van der Waals surface area contributed by atoms with E-state index >= 15 is 0 Å². The highest BCUT2D eigenvalue weighted by atomic mass is 15.0. The van der Waals surface area contributed by atoms with Crippen molar-refractivity contribution in [1.82, 2.24) is 10.6 Å². The maximum Gasteiger partial charge on any atom is 0.0963 e. The van der Waals surface area contributed by atoms with Gasteiger partial charge in [0.2, 0.25) is 0 Å². The number of hydrogen-bond donors (Lipinski definition) is 2. The zero-order chi connectivity index (χ0) is 9.64. The summed E-state index contributed by atoms with van der Waals surface area (Å²) in [6, 6.07) is 0.748. The van der Waals surface area contributed by atoms with E-state index < -0.39 is 0 Å². The molecular weight excluding hydrogens is 174 g/mol. The van der Waals surface area contributed by atoms with Crippen LogP contribution in [0.25, 0.3) is 0 Å². The first-order valence-corrected chi connectivity index (χ1v) is 5.96. The van der Waals surface area contributed by atoms with Crippen molar-refractivity contribution in [2.45, 2.75) is 44.6 Å². The number of aliphatic imine (C=N–C) groups is 1. The van der Waals surface area contributed by atoms with Crippen LogP contribution in [-0.4, -0.2) is 31.5 Å². The van der Waals surface area contributed by atoms with E-state index in [0.717, 1.165) is 25.6 Å². The van der Waals surface area contributed by atoms with Gasteiger partial charge in [-0.15, -0.1) is 0 Å². The minimum absolute atomic E-state index is 0.748. The van der Waals surface area contributed by atoms with Crippen LogP contribution in [0.1, 0.15) is 38.5 Å². The number of rotatable bonds is 3. The molecule has 14 heavy (non-hydrogen) atoms. The number of nitrogens with one attached hydrogen (secondary N) is 2. The summed E-state index contributed by atoms with van der Waals surface area (Å²) in [7, 11) is 0. The quantitative estimate of drug-likeness (QED) is 0.712. The molecule has 3 nitrogen and oxygen atoms in total. The van der Waals surface area contributed by atoms with E-state index in [-0.39, 0.29) is 0 Å². The molecule has 1 saturated heterocycles. The largest absolute Gasteiger partial charge is 0.374 e. The highest BCUT2D eigenvalue weighted by molar-refractivity contribution is 5.83. The summed E-state index contributed by atoms with van der Waals surface area (Å²) in [4.78, 5) is 4.40. The van der Waals surface area contributed by atoms with Crippen LogP contribution >= 0.6 is 0 Å². The van der Waals surface area contributed by atoms with Gasteiger partial charge in [0.25, 0.3) is 0 Å². The Hall–Kier alpha value is -0.570. The van der Waals surface area contributed by atoms with Crippen molar-refractivity contribution >= 4 is 5.84 Å². The highest BCUT2D eigenvalue weighted by Gasteiger charge is 2.12. The van der Waals surface area contributed by atoms with Crippen LogP contribution in [0.2, 0.25) is 0 Å². The van der Waals surface area contributed by atoms with Gasteiger partial charge in [0.05, 0.1) is 5.84 Å². The molecule has 0 radical (unpaired) electrons. The predicted octanol–water partition coefficient (Wildman–Crippen LogP) is 1.30. The van der Waals surface area contributed by atoms with Gasteiger partial charge in [0, 0.05) is 25.6 Å². The topological polar surface area (TPSA) is 36.4 Å². The summed E-state index contributed by atoms with van der Waals surface area (Å²) >= 11 is 0. The lowest BCUT2D eigenvalue weighted by molar-refractivity contribution is 0.382. The fourth-order valence-electron chi connectivity index (χ4n) is 2.24. The molecule has 2 aliphatic heterocycles. The lowest BCUT2D eigenvalue weighted by Gasteiger charge is -2.23. The molecule has 0 saturated carbocycles.